The number of guanidine groups is 1. The topological polar surface area (TPSA) is 61.6 Å². The van der Waals surface area contributed by atoms with E-state index in [9.17, 15) is 4.39 Å². The fraction of sp³-hybridized carbons (Fsp3) is 0.476. The number of hydrogen-bond donors (Lipinski definition) is 1. The van der Waals surface area contributed by atoms with Crippen LogP contribution in [-0.4, -0.2) is 69.8 Å². The Morgan fingerprint density at radius 2 is 2.13 bits per heavy atom. The molecule has 2 aromatic rings. The number of hydrogen-bond acceptors (Lipinski definition) is 4. The fourth-order valence-corrected chi connectivity index (χ4v) is 3.68. The molecule has 1 fully saturated rings. The van der Waals surface area contributed by atoms with E-state index in [0.717, 1.165) is 50.9 Å². The highest BCUT2D eigenvalue weighted by molar-refractivity contribution is 6.31. The Balaban J connectivity index is 1.57. The van der Waals surface area contributed by atoms with Crippen molar-refractivity contribution < 1.29 is 4.39 Å². The summed E-state index contributed by atoms with van der Waals surface area (Å²) in [6, 6.07) is 4.83. The number of halogens is 2. The third-order valence-corrected chi connectivity index (χ3v) is 5.49. The van der Waals surface area contributed by atoms with E-state index in [4.69, 9.17) is 16.6 Å². The molecule has 9 heteroatoms. The summed E-state index contributed by atoms with van der Waals surface area (Å²) in [6.45, 7) is 11.6. The van der Waals surface area contributed by atoms with Gasteiger partial charge >= 0.3 is 0 Å². The predicted molar refractivity (Wildman–Crippen MR) is 118 cm³/mol. The van der Waals surface area contributed by atoms with E-state index < -0.39 is 0 Å². The number of rotatable bonds is 8. The standard InChI is InChI=1S/C21H29ClFN7/c1-3-8-24-21(25-9-10-30-16-26-27-20(30)4-2)29-13-11-28(12-14-29)15-17-18(22)6-5-7-19(17)23/h3,5-7,16H,1,4,8-15H2,2H3,(H,24,25). The zero-order valence-corrected chi connectivity index (χ0v) is 18.2. The molecule has 0 saturated carbocycles. The molecule has 162 valence electrons. The minimum atomic E-state index is -0.250. The van der Waals surface area contributed by atoms with Crippen LogP contribution in [0.4, 0.5) is 4.39 Å². The van der Waals surface area contributed by atoms with Gasteiger partial charge in [-0.2, -0.15) is 0 Å². The molecular formula is C21H29ClFN7. The molecule has 0 amide bonds. The molecule has 3 rings (SSSR count). The van der Waals surface area contributed by atoms with Gasteiger partial charge in [-0.15, -0.1) is 16.8 Å². The third-order valence-electron chi connectivity index (χ3n) is 5.13. The molecule has 0 aliphatic carbocycles. The zero-order valence-electron chi connectivity index (χ0n) is 17.4. The van der Waals surface area contributed by atoms with E-state index >= 15 is 0 Å². The van der Waals surface area contributed by atoms with Gasteiger partial charge in [-0.1, -0.05) is 30.7 Å². The normalized spacial score (nSPS) is 15.4. The molecule has 30 heavy (non-hydrogen) atoms. The molecule has 0 radical (unpaired) electrons. The molecule has 1 aliphatic heterocycles. The van der Waals surface area contributed by atoms with E-state index in [1.807, 2.05) is 10.6 Å². The Kier molecular flexibility index (Phi) is 8.21. The van der Waals surface area contributed by atoms with Gasteiger partial charge in [0.05, 0.1) is 6.54 Å². The fourth-order valence-electron chi connectivity index (χ4n) is 3.46. The summed E-state index contributed by atoms with van der Waals surface area (Å²) in [5.74, 6) is 1.58. The molecule has 0 unspecified atom stereocenters. The third kappa shape index (κ3) is 5.79. The summed E-state index contributed by atoms with van der Waals surface area (Å²) in [7, 11) is 0. The van der Waals surface area contributed by atoms with Crippen LogP contribution in [-0.2, 0) is 19.5 Å². The molecule has 1 N–H and O–H groups in total. The van der Waals surface area contributed by atoms with E-state index in [-0.39, 0.29) is 5.82 Å². The lowest BCUT2D eigenvalue weighted by molar-refractivity contribution is 0.171. The van der Waals surface area contributed by atoms with Gasteiger partial charge in [0.25, 0.3) is 0 Å². The zero-order chi connectivity index (χ0) is 21.3. The average Bonchev–Trinajstić information content (AvgIpc) is 3.21. The van der Waals surface area contributed by atoms with Gasteiger partial charge in [0.15, 0.2) is 5.96 Å². The molecule has 1 aliphatic rings. The predicted octanol–water partition coefficient (Wildman–Crippen LogP) is 2.58. The molecule has 0 spiro atoms. The summed E-state index contributed by atoms with van der Waals surface area (Å²) in [4.78, 5) is 9.23. The van der Waals surface area contributed by atoms with Crippen LogP contribution in [0.15, 0.2) is 42.2 Å². The van der Waals surface area contributed by atoms with Gasteiger partial charge in [0, 0.05) is 62.8 Å². The Hall–Kier alpha value is -2.45. The van der Waals surface area contributed by atoms with Crippen molar-refractivity contribution in [2.75, 3.05) is 39.3 Å². The molecule has 1 aromatic carbocycles. The quantitative estimate of drug-likeness (QED) is 0.394. The summed E-state index contributed by atoms with van der Waals surface area (Å²) >= 11 is 6.18. The second-order valence-electron chi connectivity index (χ2n) is 7.13. The Morgan fingerprint density at radius 3 is 2.83 bits per heavy atom. The minimum Gasteiger partial charge on any atom is -0.353 e. The summed E-state index contributed by atoms with van der Waals surface area (Å²) in [6.07, 6.45) is 4.41. The summed E-state index contributed by atoms with van der Waals surface area (Å²) in [5.41, 5.74) is 0.562. The summed E-state index contributed by atoms with van der Waals surface area (Å²) < 4.78 is 16.1. The average molecular weight is 434 g/mol. The highest BCUT2D eigenvalue weighted by atomic mass is 35.5. The first-order valence-corrected chi connectivity index (χ1v) is 10.7. The number of aliphatic imine (C=N–C) groups is 1. The molecule has 0 atom stereocenters. The number of aromatic nitrogens is 3. The van der Waals surface area contributed by atoms with Crippen molar-refractivity contribution in [1.29, 1.82) is 0 Å². The maximum Gasteiger partial charge on any atom is 0.194 e. The first kappa shape index (κ1) is 22.2. The van der Waals surface area contributed by atoms with Crippen LogP contribution in [0.3, 0.4) is 0 Å². The molecular weight excluding hydrogens is 405 g/mol. The Morgan fingerprint density at radius 1 is 1.33 bits per heavy atom. The lowest BCUT2D eigenvalue weighted by Crippen LogP contribution is -2.52. The van der Waals surface area contributed by atoms with Crippen LogP contribution in [0, 0.1) is 5.82 Å². The van der Waals surface area contributed by atoms with Gasteiger partial charge in [-0.25, -0.2) is 4.39 Å². The largest absolute Gasteiger partial charge is 0.353 e. The van der Waals surface area contributed by atoms with Crippen molar-refractivity contribution in [1.82, 2.24) is 29.9 Å². The lowest BCUT2D eigenvalue weighted by Gasteiger charge is -2.36. The van der Waals surface area contributed by atoms with Crippen LogP contribution < -0.4 is 5.32 Å². The lowest BCUT2D eigenvalue weighted by atomic mass is 10.2. The van der Waals surface area contributed by atoms with Gasteiger partial charge < -0.3 is 14.8 Å². The van der Waals surface area contributed by atoms with Gasteiger partial charge in [-0.05, 0) is 12.1 Å². The van der Waals surface area contributed by atoms with Crippen LogP contribution in [0.1, 0.15) is 18.3 Å². The van der Waals surface area contributed by atoms with Gasteiger partial charge in [0.2, 0.25) is 0 Å². The maximum atomic E-state index is 14.1. The van der Waals surface area contributed by atoms with E-state index in [2.05, 4.69) is 38.8 Å². The van der Waals surface area contributed by atoms with Gasteiger partial charge in [0.1, 0.15) is 18.0 Å². The summed E-state index contributed by atoms with van der Waals surface area (Å²) in [5, 5.41) is 11.9. The smallest absolute Gasteiger partial charge is 0.194 e. The molecule has 2 heterocycles. The number of piperazine rings is 1. The van der Waals surface area contributed by atoms with E-state index in [1.54, 1.807) is 18.5 Å². The van der Waals surface area contributed by atoms with Crippen LogP contribution in [0.2, 0.25) is 5.02 Å². The van der Waals surface area contributed by atoms with Crippen molar-refractivity contribution >= 4 is 17.6 Å². The molecule has 1 aromatic heterocycles. The number of benzene rings is 1. The number of nitrogens with zero attached hydrogens (tertiary/aromatic N) is 6. The van der Waals surface area contributed by atoms with Crippen molar-refractivity contribution in [3.8, 4) is 0 Å². The Bertz CT molecular complexity index is 839. The second-order valence-corrected chi connectivity index (χ2v) is 7.54. The maximum absolute atomic E-state index is 14.1. The highest BCUT2D eigenvalue weighted by Gasteiger charge is 2.21. The highest BCUT2D eigenvalue weighted by Crippen LogP contribution is 2.21. The SMILES string of the molecule is C=CCNC(=NCCn1cnnc1CC)N1CCN(Cc2c(F)cccc2Cl)CC1. The van der Waals surface area contributed by atoms with Crippen LogP contribution in [0.5, 0.6) is 0 Å². The van der Waals surface area contributed by atoms with Crippen LogP contribution >= 0.6 is 11.6 Å². The first-order valence-electron chi connectivity index (χ1n) is 10.3. The number of aryl methyl sites for hydroxylation is 1. The first-order chi connectivity index (χ1) is 14.6. The van der Waals surface area contributed by atoms with E-state index in [0.29, 0.717) is 30.2 Å². The van der Waals surface area contributed by atoms with Crippen molar-refractivity contribution in [3.63, 3.8) is 0 Å². The van der Waals surface area contributed by atoms with Gasteiger partial charge in [-0.3, -0.25) is 9.89 Å². The van der Waals surface area contributed by atoms with Crippen LogP contribution in [0.25, 0.3) is 0 Å². The number of nitrogens with one attached hydrogen (secondary N) is 1. The molecule has 1 saturated heterocycles. The molecule has 0 bridgehead atoms. The van der Waals surface area contributed by atoms with E-state index in [1.165, 1.54) is 6.07 Å². The Labute approximate surface area is 182 Å². The monoisotopic (exact) mass is 433 g/mol. The minimum absolute atomic E-state index is 0.250. The van der Waals surface area contributed by atoms with Crippen molar-refractivity contribution in [2.24, 2.45) is 4.99 Å². The van der Waals surface area contributed by atoms with Crippen molar-refractivity contribution in [2.45, 2.75) is 26.4 Å². The molecule has 7 nitrogen and oxygen atoms in total. The second kappa shape index (κ2) is 11.1. The van der Waals surface area contributed by atoms with Crippen molar-refractivity contribution in [3.05, 3.63) is 59.4 Å².